The minimum atomic E-state index is -0.220. The third kappa shape index (κ3) is 5.23. The maximum absolute atomic E-state index is 13.5. The number of hydrogen-bond acceptors (Lipinski definition) is 5. The van der Waals surface area contributed by atoms with E-state index in [-0.39, 0.29) is 11.7 Å². The van der Waals surface area contributed by atoms with Crippen molar-refractivity contribution in [2.75, 3.05) is 44.2 Å². The number of rotatable bonds is 7. The molecule has 1 N–H and O–H groups in total. The Bertz CT molecular complexity index is 704. The Morgan fingerprint density at radius 2 is 1.81 bits per heavy atom. The minimum absolute atomic E-state index is 0.00941. The number of anilines is 1. The van der Waals surface area contributed by atoms with E-state index in [1.165, 1.54) is 6.07 Å². The molecule has 2 aromatic rings. The molecule has 0 spiro atoms. The molecule has 3 rings (SSSR count). The van der Waals surface area contributed by atoms with Gasteiger partial charge in [0.1, 0.15) is 5.82 Å². The normalized spacial score (nSPS) is 15.0. The molecule has 1 aliphatic heterocycles. The summed E-state index contributed by atoms with van der Waals surface area (Å²) in [4.78, 5) is 25.0. The Morgan fingerprint density at radius 1 is 1.08 bits per heavy atom. The van der Waals surface area contributed by atoms with Gasteiger partial charge in [-0.05, 0) is 24.1 Å². The van der Waals surface area contributed by atoms with Gasteiger partial charge in [0.2, 0.25) is 11.9 Å². The SMILES string of the molecule is O=C(CCN1CCN(c2ncccn2)CC1)NCCc1ccccc1F. The van der Waals surface area contributed by atoms with Gasteiger partial charge in [-0.2, -0.15) is 0 Å². The monoisotopic (exact) mass is 357 g/mol. The van der Waals surface area contributed by atoms with Crippen LogP contribution in [0.5, 0.6) is 0 Å². The number of carbonyl (C=O) groups excluding carboxylic acids is 1. The predicted molar refractivity (Wildman–Crippen MR) is 98.4 cm³/mol. The van der Waals surface area contributed by atoms with Crippen LogP contribution in [-0.4, -0.2) is 60.0 Å². The number of halogens is 1. The summed E-state index contributed by atoms with van der Waals surface area (Å²) < 4.78 is 13.5. The van der Waals surface area contributed by atoms with Gasteiger partial charge in [-0.15, -0.1) is 0 Å². The van der Waals surface area contributed by atoms with Crippen LogP contribution in [0.3, 0.4) is 0 Å². The van der Waals surface area contributed by atoms with Crippen LogP contribution in [0.15, 0.2) is 42.7 Å². The van der Waals surface area contributed by atoms with Crippen molar-refractivity contribution < 1.29 is 9.18 Å². The van der Waals surface area contributed by atoms with Crippen molar-refractivity contribution in [2.24, 2.45) is 0 Å². The number of hydrogen-bond donors (Lipinski definition) is 1. The Labute approximate surface area is 153 Å². The molecule has 1 aliphatic rings. The minimum Gasteiger partial charge on any atom is -0.356 e. The smallest absolute Gasteiger partial charge is 0.225 e. The zero-order valence-corrected chi connectivity index (χ0v) is 14.8. The molecule has 0 bridgehead atoms. The van der Waals surface area contributed by atoms with Crippen LogP contribution < -0.4 is 10.2 Å². The molecule has 2 heterocycles. The van der Waals surface area contributed by atoms with Gasteiger partial charge in [-0.25, -0.2) is 14.4 Å². The topological polar surface area (TPSA) is 61.4 Å². The zero-order chi connectivity index (χ0) is 18.2. The molecular weight excluding hydrogens is 333 g/mol. The third-order valence-corrected chi connectivity index (χ3v) is 4.54. The summed E-state index contributed by atoms with van der Waals surface area (Å²) >= 11 is 0. The second kappa shape index (κ2) is 9.24. The standard InChI is InChI=1S/C19H24FN5O/c20-17-5-2-1-4-16(17)6-10-21-18(26)7-11-24-12-14-25(15-13-24)19-22-8-3-9-23-19/h1-5,8-9H,6-7,10-15H2,(H,21,26). The summed E-state index contributed by atoms with van der Waals surface area (Å²) in [6.45, 7) is 4.69. The summed E-state index contributed by atoms with van der Waals surface area (Å²) in [5.41, 5.74) is 0.632. The van der Waals surface area contributed by atoms with Crippen LogP contribution in [-0.2, 0) is 11.2 Å². The zero-order valence-electron chi connectivity index (χ0n) is 14.8. The maximum atomic E-state index is 13.5. The number of nitrogens with zero attached hydrogens (tertiary/aromatic N) is 4. The van der Waals surface area contributed by atoms with Crippen molar-refractivity contribution in [1.82, 2.24) is 20.2 Å². The molecule has 26 heavy (non-hydrogen) atoms. The van der Waals surface area contributed by atoms with Crippen LogP contribution in [0.1, 0.15) is 12.0 Å². The van der Waals surface area contributed by atoms with Gasteiger partial charge in [0.15, 0.2) is 0 Å². The van der Waals surface area contributed by atoms with Gasteiger partial charge in [0.05, 0.1) is 0 Å². The highest BCUT2D eigenvalue weighted by Crippen LogP contribution is 2.10. The van der Waals surface area contributed by atoms with Crippen molar-refractivity contribution in [3.05, 3.63) is 54.1 Å². The lowest BCUT2D eigenvalue weighted by atomic mass is 10.1. The largest absolute Gasteiger partial charge is 0.356 e. The Kier molecular flexibility index (Phi) is 6.49. The highest BCUT2D eigenvalue weighted by Gasteiger charge is 2.19. The van der Waals surface area contributed by atoms with Gasteiger partial charge >= 0.3 is 0 Å². The first-order chi connectivity index (χ1) is 12.7. The third-order valence-electron chi connectivity index (χ3n) is 4.54. The van der Waals surface area contributed by atoms with E-state index in [2.05, 4.69) is 25.1 Å². The summed E-state index contributed by atoms with van der Waals surface area (Å²) in [6.07, 6.45) is 4.47. The molecule has 1 aromatic carbocycles. The lowest BCUT2D eigenvalue weighted by molar-refractivity contribution is -0.121. The molecule has 6 nitrogen and oxygen atoms in total. The second-order valence-electron chi connectivity index (χ2n) is 6.32. The number of amides is 1. The van der Waals surface area contributed by atoms with Crippen molar-refractivity contribution in [3.63, 3.8) is 0 Å². The predicted octanol–water partition coefficient (Wildman–Crippen LogP) is 1.49. The van der Waals surface area contributed by atoms with E-state index in [0.717, 1.165) is 38.7 Å². The van der Waals surface area contributed by atoms with Crippen LogP contribution >= 0.6 is 0 Å². The number of benzene rings is 1. The number of piperazine rings is 1. The van der Waals surface area contributed by atoms with Crippen LogP contribution in [0.2, 0.25) is 0 Å². The lowest BCUT2D eigenvalue weighted by Gasteiger charge is -2.34. The Hall–Kier alpha value is -2.54. The fourth-order valence-corrected chi connectivity index (χ4v) is 3.01. The van der Waals surface area contributed by atoms with Crippen molar-refractivity contribution in [2.45, 2.75) is 12.8 Å². The molecule has 1 aromatic heterocycles. The van der Waals surface area contributed by atoms with E-state index in [0.29, 0.717) is 24.9 Å². The average molecular weight is 357 g/mol. The van der Waals surface area contributed by atoms with Crippen LogP contribution in [0.25, 0.3) is 0 Å². The Morgan fingerprint density at radius 3 is 2.54 bits per heavy atom. The molecule has 0 atom stereocenters. The fraction of sp³-hybridized carbons (Fsp3) is 0.421. The maximum Gasteiger partial charge on any atom is 0.225 e. The summed E-state index contributed by atoms with van der Waals surface area (Å²) in [5, 5.41) is 2.87. The van der Waals surface area contributed by atoms with Gasteiger partial charge in [-0.1, -0.05) is 18.2 Å². The summed E-state index contributed by atoms with van der Waals surface area (Å²) in [6, 6.07) is 8.47. The first-order valence-corrected chi connectivity index (χ1v) is 8.97. The molecule has 0 aliphatic carbocycles. The quantitative estimate of drug-likeness (QED) is 0.813. The average Bonchev–Trinajstić information content (AvgIpc) is 2.69. The molecule has 1 fully saturated rings. The lowest BCUT2D eigenvalue weighted by Crippen LogP contribution is -2.47. The number of aromatic nitrogens is 2. The van der Waals surface area contributed by atoms with E-state index in [4.69, 9.17) is 0 Å². The van der Waals surface area contributed by atoms with E-state index in [9.17, 15) is 9.18 Å². The Balaban J connectivity index is 1.32. The molecule has 0 saturated carbocycles. The highest BCUT2D eigenvalue weighted by atomic mass is 19.1. The van der Waals surface area contributed by atoms with Crippen LogP contribution in [0.4, 0.5) is 10.3 Å². The molecule has 0 radical (unpaired) electrons. The van der Waals surface area contributed by atoms with Gasteiger partial charge in [-0.3, -0.25) is 9.69 Å². The van der Waals surface area contributed by atoms with Gasteiger partial charge in [0, 0.05) is 58.1 Å². The van der Waals surface area contributed by atoms with E-state index >= 15 is 0 Å². The summed E-state index contributed by atoms with van der Waals surface area (Å²) in [5.74, 6) is 0.551. The molecule has 1 saturated heterocycles. The number of carbonyl (C=O) groups is 1. The second-order valence-corrected chi connectivity index (χ2v) is 6.32. The summed E-state index contributed by atoms with van der Waals surface area (Å²) in [7, 11) is 0. The molecule has 1 amide bonds. The molecular formula is C19H24FN5O. The first kappa shape index (κ1) is 18.3. The van der Waals surface area contributed by atoms with E-state index < -0.39 is 0 Å². The molecule has 0 unspecified atom stereocenters. The molecule has 7 heteroatoms. The van der Waals surface area contributed by atoms with Crippen molar-refractivity contribution >= 4 is 11.9 Å². The van der Waals surface area contributed by atoms with E-state index in [1.807, 2.05) is 6.07 Å². The highest BCUT2D eigenvalue weighted by molar-refractivity contribution is 5.76. The fourth-order valence-electron chi connectivity index (χ4n) is 3.01. The van der Waals surface area contributed by atoms with Gasteiger partial charge in [0.25, 0.3) is 0 Å². The van der Waals surface area contributed by atoms with E-state index in [1.54, 1.807) is 30.6 Å². The van der Waals surface area contributed by atoms with Crippen molar-refractivity contribution in [3.8, 4) is 0 Å². The van der Waals surface area contributed by atoms with Gasteiger partial charge < -0.3 is 10.2 Å². The van der Waals surface area contributed by atoms with Crippen LogP contribution in [0, 0.1) is 5.82 Å². The molecule has 138 valence electrons. The first-order valence-electron chi connectivity index (χ1n) is 8.97. The van der Waals surface area contributed by atoms with Crippen molar-refractivity contribution in [1.29, 1.82) is 0 Å². The number of nitrogens with one attached hydrogen (secondary N) is 1.